The molecule has 2 aromatic heterocycles. The van der Waals surface area contributed by atoms with Crippen LogP contribution in [-0.2, 0) is 15.9 Å². The van der Waals surface area contributed by atoms with Crippen LogP contribution in [-0.4, -0.2) is 56.0 Å². The number of anilines is 4. The van der Waals surface area contributed by atoms with Crippen molar-refractivity contribution in [1.29, 1.82) is 0 Å². The van der Waals surface area contributed by atoms with Crippen LogP contribution in [0.4, 0.5) is 36.3 Å². The van der Waals surface area contributed by atoms with Gasteiger partial charge in [0.1, 0.15) is 17.1 Å². The fraction of sp³-hybridized carbons (Fsp3) is 0.467. The molecule has 1 amide bonds. The zero-order valence-corrected chi connectivity index (χ0v) is 26.7. The number of nitrogens with one attached hydrogen (secondary N) is 3. The molecule has 0 bridgehead atoms. The number of benzene rings is 1. The Balaban J connectivity index is 1.72. The minimum Gasteiger partial charge on any atom is -0.495 e. The molecule has 1 saturated carbocycles. The summed E-state index contributed by atoms with van der Waals surface area (Å²) in [5, 5.41) is 16.3. The van der Waals surface area contributed by atoms with Gasteiger partial charge < -0.3 is 35.6 Å². The Morgan fingerprint density at radius 1 is 1.02 bits per heavy atom. The fourth-order valence-corrected chi connectivity index (χ4v) is 7.08. The molecule has 0 saturated heterocycles. The lowest BCUT2D eigenvalue weighted by atomic mass is 9.85. The van der Waals surface area contributed by atoms with E-state index in [0.717, 1.165) is 0 Å². The standard InChI is InChI=1S/C30H38F3N6O6P/c1-5-29(6-2,46(42,43)44)18-9-12-22(24(15-18)45-4)38-28-35-16-20(30(31,32)33)26(39-28)37-23-14-13-21(36-25(23)27(41)34-3)17-7-10-19(40)11-8-17/h9,12-17,19,40H,5-8,10-11H2,1-4H3,(H,34,41)(H2,42,43,44)(H2,35,37,38,39)/t17-,19-. The SMILES string of the molecule is CCC(CC)(c1ccc(Nc2ncc(C(F)(F)F)c(Nc3ccc([C@H]4CC[C@H](O)CC4)nc3C(=O)NC)n2)c(OC)c1)P(=O)(O)O. The fourth-order valence-electron chi connectivity index (χ4n) is 5.78. The molecule has 0 aliphatic heterocycles. The molecule has 4 rings (SSSR count). The van der Waals surface area contributed by atoms with Crippen molar-refractivity contribution in [2.75, 3.05) is 24.8 Å². The highest BCUT2D eigenvalue weighted by Gasteiger charge is 2.45. The maximum absolute atomic E-state index is 14.1. The quantitative estimate of drug-likeness (QED) is 0.133. The summed E-state index contributed by atoms with van der Waals surface area (Å²) in [6, 6.07) is 7.57. The Kier molecular flexibility index (Phi) is 10.6. The molecule has 46 heavy (non-hydrogen) atoms. The lowest BCUT2D eigenvalue weighted by Gasteiger charge is -2.33. The van der Waals surface area contributed by atoms with Crippen LogP contribution >= 0.6 is 7.60 Å². The minimum absolute atomic E-state index is 0.00989. The van der Waals surface area contributed by atoms with E-state index >= 15 is 0 Å². The normalized spacial score (nSPS) is 17.3. The molecule has 6 N–H and O–H groups in total. The van der Waals surface area contributed by atoms with Gasteiger partial charge in [-0.15, -0.1) is 0 Å². The number of aliphatic hydroxyl groups is 1. The average molecular weight is 667 g/mol. The van der Waals surface area contributed by atoms with Crippen LogP contribution in [0.5, 0.6) is 5.75 Å². The highest BCUT2D eigenvalue weighted by atomic mass is 31.2. The van der Waals surface area contributed by atoms with Gasteiger partial charge in [0.2, 0.25) is 5.95 Å². The maximum atomic E-state index is 14.1. The van der Waals surface area contributed by atoms with Crippen LogP contribution in [0.1, 0.15) is 85.6 Å². The van der Waals surface area contributed by atoms with Gasteiger partial charge in [0.05, 0.1) is 29.7 Å². The number of hydrogen-bond acceptors (Lipinski definition) is 9. The van der Waals surface area contributed by atoms with E-state index in [4.69, 9.17) is 4.74 Å². The summed E-state index contributed by atoms with van der Waals surface area (Å²) < 4.78 is 60.1. The van der Waals surface area contributed by atoms with Crippen LogP contribution in [0.25, 0.3) is 0 Å². The summed E-state index contributed by atoms with van der Waals surface area (Å²) in [7, 11) is -1.86. The summed E-state index contributed by atoms with van der Waals surface area (Å²) in [6.45, 7) is 3.34. The lowest BCUT2D eigenvalue weighted by molar-refractivity contribution is -0.137. The molecule has 1 aromatic carbocycles. The number of pyridine rings is 1. The van der Waals surface area contributed by atoms with Crippen LogP contribution < -0.4 is 20.7 Å². The van der Waals surface area contributed by atoms with E-state index in [0.29, 0.717) is 43.1 Å². The first-order valence-electron chi connectivity index (χ1n) is 14.8. The number of aliphatic hydroxyl groups excluding tert-OH is 1. The van der Waals surface area contributed by atoms with E-state index in [2.05, 4.69) is 30.9 Å². The summed E-state index contributed by atoms with van der Waals surface area (Å²) in [5.74, 6) is -1.35. The van der Waals surface area contributed by atoms with Crippen LogP contribution in [0.3, 0.4) is 0 Å². The number of carbonyl (C=O) groups is 1. The molecule has 1 fully saturated rings. The van der Waals surface area contributed by atoms with Gasteiger partial charge in [-0.25, -0.2) is 9.97 Å². The molecule has 3 aromatic rings. The Morgan fingerprint density at radius 3 is 2.24 bits per heavy atom. The van der Waals surface area contributed by atoms with Crippen molar-refractivity contribution in [2.24, 2.45) is 0 Å². The second kappa shape index (κ2) is 13.9. The smallest absolute Gasteiger partial charge is 0.421 e. The average Bonchev–Trinajstić information content (AvgIpc) is 3.01. The van der Waals surface area contributed by atoms with E-state index < -0.39 is 42.3 Å². The zero-order valence-electron chi connectivity index (χ0n) is 25.9. The Morgan fingerprint density at radius 2 is 1.67 bits per heavy atom. The van der Waals surface area contributed by atoms with Crippen molar-refractivity contribution >= 4 is 36.6 Å². The van der Waals surface area contributed by atoms with Gasteiger partial charge >= 0.3 is 13.8 Å². The first kappa shape index (κ1) is 35.1. The van der Waals surface area contributed by atoms with Gasteiger partial charge in [-0.1, -0.05) is 19.9 Å². The number of carbonyl (C=O) groups excluding carboxylic acids is 1. The third-order valence-electron chi connectivity index (χ3n) is 8.53. The number of rotatable bonds is 11. The summed E-state index contributed by atoms with van der Waals surface area (Å²) in [5.41, 5.74) is -0.147. The summed E-state index contributed by atoms with van der Waals surface area (Å²) in [4.78, 5) is 45.5. The van der Waals surface area contributed by atoms with E-state index in [1.807, 2.05) is 0 Å². The molecule has 2 heterocycles. The minimum atomic E-state index is -4.85. The molecule has 0 unspecified atom stereocenters. The number of halogens is 3. The number of hydrogen-bond donors (Lipinski definition) is 6. The van der Waals surface area contributed by atoms with Gasteiger partial charge in [-0.2, -0.15) is 18.2 Å². The molecular weight excluding hydrogens is 628 g/mol. The predicted molar refractivity (Wildman–Crippen MR) is 166 cm³/mol. The molecule has 1 aliphatic carbocycles. The number of amides is 1. The van der Waals surface area contributed by atoms with Gasteiger partial charge in [-0.05, 0) is 68.4 Å². The van der Waals surface area contributed by atoms with Gasteiger partial charge in [0.25, 0.3) is 5.91 Å². The second-order valence-corrected chi connectivity index (χ2v) is 13.1. The van der Waals surface area contributed by atoms with Gasteiger partial charge in [0.15, 0.2) is 5.69 Å². The third kappa shape index (κ3) is 7.27. The highest BCUT2D eigenvalue weighted by Crippen LogP contribution is 2.61. The second-order valence-electron chi connectivity index (χ2n) is 11.1. The Hall–Kier alpha value is -3.78. The summed E-state index contributed by atoms with van der Waals surface area (Å²) in [6.07, 6.45) is -1.85. The Bertz CT molecular complexity index is 1610. The number of alkyl halides is 3. The molecule has 250 valence electrons. The van der Waals surface area contributed by atoms with Crippen molar-refractivity contribution in [3.05, 3.63) is 59.0 Å². The van der Waals surface area contributed by atoms with Crippen molar-refractivity contribution in [3.8, 4) is 5.75 Å². The molecule has 0 radical (unpaired) electrons. The molecular formula is C30H38F3N6O6P. The van der Waals surface area contributed by atoms with E-state index in [1.165, 1.54) is 38.4 Å². The van der Waals surface area contributed by atoms with Crippen LogP contribution in [0.15, 0.2) is 36.5 Å². The van der Waals surface area contributed by atoms with Gasteiger partial charge in [-0.3, -0.25) is 9.36 Å². The molecule has 0 spiro atoms. The van der Waals surface area contributed by atoms with E-state index in [-0.39, 0.29) is 47.5 Å². The highest BCUT2D eigenvalue weighted by molar-refractivity contribution is 7.53. The van der Waals surface area contributed by atoms with Crippen molar-refractivity contribution in [2.45, 2.75) is 75.7 Å². The first-order chi connectivity index (χ1) is 21.7. The van der Waals surface area contributed by atoms with E-state index in [9.17, 15) is 37.4 Å². The number of ether oxygens (including phenoxy) is 1. The number of aromatic nitrogens is 3. The monoisotopic (exact) mass is 666 g/mol. The topological polar surface area (TPSA) is 179 Å². The first-order valence-corrected chi connectivity index (χ1v) is 16.4. The molecule has 0 atom stereocenters. The number of nitrogens with zero attached hydrogens (tertiary/aromatic N) is 3. The zero-order chi connectivity index (χ0) is 33.9. The predicted octanol–water partition coefficient (Wildman–Crippen LogP) is 5.96. The maximum Gasteiger partial charge on any atom is 0.421 e. The largest absolute Gasteiger partial charge is 0.495 e. The van der Waals surface area contributed by atoms with Crippen LogP contribution in [0.2, 0.25) is 0 Å². The van der Waals surface area contributed by atoms with Crippen molar-refractivity contribution in [3.63, 3.8) is 0 Å². The Labute approximate surface area is 264 Å². The van der Waals surface area contributed by atoms with Crippen molar-refractivity contribution < 1.29 is 42.2 Å². The lowest BCUT2D eigenvalue weighted by Crippen LogP contribution is -2.24. The third-order valence-corrected chi connectivity index (χ3v) is 10.5. The van der Waals surface area contributed by atoms with E-state index in [1.54, 1.807) is 19.9 Å². The van der Waals surface area contributed by atoms with Gasteiger partial charge in [0, 0.05) is 24.9 Å². The summed E-state index contributed by atoms with van der Waals surface area (Å²) >= 11 is 0. The molecule has 1 aliphatic rings. The number of methoxy groups -OCH3 is 1. The van der Waals surface area contributed by atoms with Crippen molar-refractivity contribution in [1.82, 2.24) is 20.3 Å². The molecule has 16 heteroatoms. The molecule has 12 nitrogen and oxygen atoms in total. The van der Waals surface area contributed by atoms with Crippen LogP contribution in [0, 0.1) is 0 Å².